The van der Waals surface area contributed by atoms with Crippen LogP contribution in [0.3, 0.4) is 0 Å². The minimum atomic E-state index is -1.02. The number of aromatic hydroxyl groups is 1. The van der Waals surface area contributed by atoms with E-state index in [1.165, 1.54) is 13.0 Å². The van der Waals surface area contributed by atoms with Gasteiger partial charge in [0.2, 0.25) is 0 Å². The standard InChI is InChI=1S/C17H18BrNO6S/c1-4-24-12-8-11(18)6-10(14(12)20)7-13-15(21)19(17(23)26-13)9(3)16(22)25-5-2/h6-9,20H,4-5H2,1-3H3/b13-7+. The molecule has 1 saturated heterocycles. The zero-order valence-corrected chi connectivity index (χ0v) is 16.8. The van der Waals surface area contributed by atoms with Gasteiger partial charge in [-0.3, -0.25) is 14.5 Å². The summed E-state index contributed by atoms with van der Waals surface area (Å²) in [7, 11) is 0. The van der Waals surface area contributed by atoms with E-state index in [1.807, 2.05) is 0 Å². The third-order valence-corrected chi connectivity index (χ3v) is 4.84. The molecule has 1 aromatic rings. The number of benzene rings is 1. The molecule has 0 aliphatic carbocycles. The summed E-state index contributed by atoms with van der Waals surface area (Å²) in [5, 5.41) is 9.74. The van der Waals surface area contributed by atoms with Crippen LogP contribution in [0.5, 0.6) is 11.5 Å². The fourth-order valence-corrected chi connectivity index (χ4v) is 3.65. The molecule has 9 heteroatoms. The van der Waals surface area contributed by atoms with Gasteiger partial charge in [-0.15, -0.1) is 0 Å². The van der Waals surface area contributed by atoms with Crippen molar-refractivity contribution in [2.75, 3.05) is 13.2 Å². The van der Waals surface area contributed by atoms with Crippen LogP contribution in [-0.4, -0.2) is 46.4 Å². The molecule has 1 fully saturated rings. The Bertz CT molecular complexity index is 779. The van der Waals surface area contributed by atoms with Crippen LogP contribution in [-0.2, 0) is 14.3 Å². The SMILES string of the molecule is CCOC(=O)C(C)N1C(=O)S/C(=C/c2cc(Br)cc(OCC)c2O)C1=O. The Morgan fingerprint density at radius 1 is 1.35 bits per heavy atom. The molecule has 1 aliphatic rings. The Morgan fingerprint density at radius 3 is 2.65 bits per heavy atom. The third kappa shape index (κ3) is 4.21. The van der Waals surface area contributed by atoms with Gasteiger partial charge in [-0.2, -0.15) is 0 Å². The number of carbonyl (C=O) groups excluding carboxylic acids is 3. The number of hydrogen-bond acceptors (Lipinski definition) is 7. The van der Waals surface area contributed by atoms with Gasteiger partial charge in [0.25, 0.3) is 11.1 Å². The van der Waals surface area contributed by atoms with E-state index >= 15 is 0 Å². The number of carbonyl (C=O) groups is 3. The van der Waals surface area contributed by atoms with Crippen LogP contribution in [0, 0.1) is 0 Å². The fourth-order valence-electron chi connectivity index (χ4n) is 2.29. The monoisotopic (exact) mass is 443 g/mol. The van der Waals surface area contributed by atoms with Crippen LogP contribution in [0.25, 0.3) is 6.08 Å². The number of phenols is 1. The number of nitrogens with zero attached hydrogens (tertiary/aromatic N) is 1. The summed E-state index contributed by atoms with van der Waals surface area (Å²) in [6.45, 7) is 5.37. The fraction of sp³-hybridized carbons (Fsp3) is 0.353. The lowest BCUT2D eigenvalue weighted by Crippen LogP contribution is -2.42. The van der Waals surface area contributed by atoms with Crippen molar-refractivity contribution >= 4 is 50.9 Å². The van der Waals surface area contributed by atoms with Crippen LogP contribution < -0.4 is 4.74 Å². The quantitative estimate of drug-likeness (QED) is 0.530. The highest BCUT2D eigenvalue weighted by atomic mass is 79.9. The van der Waals surface area contributed by atoms with Crippen molar-refractivity contribution in [2.24, 2.45) is 0 Å². The van der Waals surface area contributed by atoms with Crippen molar-refractivity contribution in [1.82, 2.24) is 4.90 Å². The molecule has 0 bridgehead atoms. The summed E-state index contributed by atoms with van der Waals surface area (Å²) >= 11 is 4.01. The maximum absolute atomic E-state index is 12.6. The number of hydrogen-bond donors (Lipinski definition) is 1. The molecule has 1 N–H and O–H groups in total. The maximum Gasteiger partial charge on any atom is 0.329 e. The Balaban J connectivity index is 2.35. The molecule has 7 nitrogen and oxygen atoms in total. The Hall–Kier alpha value is -2.00. The average Bonchev–Trinajstić information content (AvgIpc) is 2.85. The van der Waals surface area contributed by atoms with E-state index in [0.29, 0.717) is 28.4 Å². The second kappa shape index (κ2) is 8.59. The molecular formula is C17H18BrNO6S. The number of thioether (sulfide) groups is 1. The number of esters is 1. The Labute approximate surface area is 163 Å². The Kier molecular flexibility index (Phi) is 6.71. The van der Waals surface area contributed by atoms with E-state index in [4.69, 9.17) is 9.47 Å². The first-order chi connectivity index (χ1) is 12.3. The summed E-state index contributed by atoms with van der Waals surface area (Å²) in [5.41, 5.74) is 0.317. The number of rotatable bonds is 6. The van der Waals surface area contributed by atoms with Gasteiger partial charge >= 0.3 is 5.97 Å². The van der Waals surface area contributed by atoms with Gasteiger partial charge in [-0.05, 0) is 50.7 Å². The lowest BCUT2D eigenvalue weighted by Gasteiger charge is -2.19. The van der Waals surface area contributed by atoms with Crippen LogP contribution in [0.2, 0.25) is 0 Å². The minimum Gasteiger partial charge on any atom is -0.504 e. The topological polar surface area (TPSA) is 93.1 Å². The van der Waals surface area contributed by atoms with E-state index in [-0.39, 0.29) is 23.0 Å². The molecule has 2 amide bonds. The molecule has 1 aliphatic heterocycles. The smallest absolute Gasteiger partial charge is 0.329 e. The van der Waals surface area contributed by atoms with Crippen molar-refractivity contribution < 1.29 is 29.0 Å². The summed E-state index contributed by atoms with van der Waals surface area (Å²) in [4.78, 5) is 37.5. The molecule has 0 radical (unpaired) electrons. The van der Waals surface area contributed by atoms with Gasteiger partial charge in [0.05, 0.1) is 18.1 Å². The first kappa shape index (κ1) is 20.3. The van der Waals surface area contributed by atoms with E-state index < -0.39 is 23.2 Å². The number of halogens is 1. The van der Waals surface area contributed by atoms with Crippen molar-refractivity contribution in [3.8, 4) is 11.5 Å². The van der Waals surface area contributed by atoms with Gasteiger partial charge < -0.3 is 14.6 Å². The van der Waals surface area contributed by atoms with Gasteiger partial charge in [0, 0.05) is 10.0 Å². The number of phenolic OH excluding ortho intramolecular Hbond substituents is 1. The zero-order chi connectivity index (χ0) is 19.4. The van der Waals surface area contributed by atoms with Crippen molar-refractivity contribution in [1.29, 1.82) is 0 Å². The van der Waals surface area contributed by atoms with Crippen LogP contribution in [0.1, 0.15) is 26.3 Å². The second-order valence-corrected chi connectivity index (χ2v) is 7.16. The predicted molar refractivity (Wildman–Crippen MR) is 101 cm³/mol. The van der Waals surface area contributed by atoms with Gasteiger partial charge in [0.15, 0.2) is 11.5 Å². The summed E-state index contributed by atoms with van der Waals surface area (Å²) < 4.78 is 10.9. The lowest BCUT2D eigenvalue weighted by molar-refractivity contribution is -0.150. The van der Waals surface area contributed by atoms with E-state index in [2.05, 4.69) is 15.9 Å². The maximum atomic E-state index is 12.6. The lowest BCUT2D eigenvalue weighted by atomic mass is 10.1. The summed E-state index contributed by atoms with van der Waals surface area (Å²) in [6, 6.07) is 2.18. The van der Waals surface area contributed by atoms with Crippen LogP contribution in [0.4, 0.5) is 4.79 Å². The van der Waals surface area contributed by atoms with Crippen LogP contribution >= 0.6 is 27.7 Å². The normalized spacial score (nSPS) is 16.9. The third-order valence-electron chi connectivity index (χ3n) is 3.49. The highest BCUT2D eigenvalue weighted by molar-refractivity contribution is 9.10. The molecule has 26 heavy (non-hydrogen) atoms. The second-order valence-electron chi connectivity index (χ2n) is 5.25. The zero-order valence-electron chi connectivity index (χ0n) is 14.4. The van der Waals surface area contributed by atoms with Crippen LogP contribution in [0.15, 0.2) is 21.5 Å². The average molecular weight is 444 g/mol. The summed E-state index contributed by atoms with van der Waals surface area (Å²) in [6.07, 6.45) is 1.39. The molecule has 2 rings (SSSR count). The van der Waals surface area contributed by atoms with Gasteiger partial charge in [-0.1, -0.05) is 15.9 Å². The van der Waals surface area contributed by atoms with Crippen molar-refractivity contribution in [2.45, 2.75) is 26.8 Å². The first-order valence-electron chi connectivity index (χ1n) is 7.89. The molecule has 140 valence electrons. The molecule has 0 aromatic heterocycles. The van der Waals surface area contributed by atoms with E-state index in [0.717, 1.165) is 4.90 Å². The summed E-state index contributed by atoms with van der Waals surface area (Å²) in [5.74, 6) is -1.15. The predicted octanol–water partition coefficient (Wildman–Crippen LogP) is 3.54. The van der Waals surface area contributed by atoms with Gasteiger partial charge in [-0.25, -0.2) is 4.79 Å². The molecule has 0 saturated carbocycles. The molecular weight excluding hydrogens is 426 g/mol. The molecule has 0 spiro atoms. The molecule has 1 aromatic carbocycles. The molecule has 1 heterocycles. The molecule has 1 atom stereocenters. The highest BCUT2D eigenvalue weighted by Crippen LogP contribution is 2.39. The number of amides is 2. The van der Waals surface area contributed by atoms with Crippen molar-refractivity contribution in [3.05, 3.63) is 27.1 Å². The number of imide groups is 1. The highest BCUT2D eigenvalue weighted by Gasteiger charge is 2.41. The first-order valence-corrected chi connectivity index (χ1v) is 9.50. The van der Waals surface area contributed by atoms with Gasteiger partial charge in [0.1, 0.15) is 6.04 Å². The van der Waals surface area contributed by atoms with Crippen molar-refractivity contribution in [3.63, 3.8) is 0 Å². The Morgan fingerprint density at radius 2 is 2.04 bits per heavy atom. The molecule has 1 unspecified atom stereocenters. The van der Waals surface area contributed by atoms with E-state index in [1.54, 1.807) is 26.0 Å². The largest absolute Gasteiger partial charge is 0.504 e. The minimum absolute atomic E-state index is 0.0991. The van der Waals surface area contributed by atoms with E-state index in [9.17, 15) is 19.5 Å². The number of ether oxygens (including phenoxy) is 2.